The van der Waals surface area contributed by atoms with E-state index < -0.39 is 0 Å². The number of hydrogen-bond acceptors (Lipinski definition) is 5. The second kappa shape index (κ2) is 2.94. The number of anilines is 1. The third-order valence-electron chi connectivity index (χ3n) is 0.979. The molecule has 5 heteroatoms. The fourth-order valence-electron chi connectivity index (χ4n) is 0.625. The molecule has 0 bridgehead atoms. The normalized spacial score (nSPS) is 13.4. The van der Waals surface area contributed by atoms with E-state index in [9.17, 15) is 0 Å². The maximum Gasteiger partial charge on any atom is 0.203 e. The lowest BCUT2D eigenvalue weighted by atomic mass is 10.3. The van der Waals surface area contributed by atoms with E-state index >= 15 is 0 Å². The lowest BCUT2D eigenvalue weighted by Crippen LogP contribution is -2.17. The van der Waals surface area contributed by atoms with Crippen molar-refractivity contribution < 1.29 is 0 Å². The zero-order chi connectivity index (χ0) is 7.56. The van der Waals surface area contributed by atoms with Gasteiger partial charge in [-0.15, -0.1) is 10.2 Å². The Kier molecular flexibility index (Phi) is 2.18. The summed E-state index contributed by atoms with van der Waals surface area (Å²) in [7, 11) is 0. The SMILES string of the molecule is CC(N)Cc1nnc(N)s1. The quantitative estimate of drug-likeness (QED) is 0.635. The van der Waals surface area contributed by atoms with Crippen LogP contribution in [0.2, 0.25) is 0 Å². The van der Waals surface area contributed by atoms with Crippen LogP contribution in [0.25, 0.3) is 0 Å². The molecule has 10 heavy (non-hydrogen) atoms. The summed E-state index contributed by atoms with van der Waals surface area (Å²) in [5.41, 5.74) is 10.9. The molecule has 1 aromatic rings. The minimum Gasteiger partial charge on any atom is -0.374 e. The molecule has 0 aliphatic carbocycles. The summed E-state index contributed by atoms with van der Waals surface area (Å²) < 4.78 is 0. The van der Waals surface area contributed by atoms with Gasteiger partial charge in [0.15, 0.2) is 0 Å². The largest absolute Gasteiger partial charge is 0.374 e. The number of rotatable bonds is 2. The molecule has 0 amide bonds. The molecule has 0 radical (unpaired) electrons. The Morgan fingerprint density at radius 2 is 2.30 bits per heavy atom. The Morgan fingerprint density at radius 1 is 1.60 bits per heavy atom. The van der Waals surface area contributed by atoms with Gasteiger partial charge in [0.05, 0.1) is 0 Å². The molecule has 4 N–H and O–H groups in total. The predicted molar refractivity (Wildman–Crippen MR) is 41.7 cm³/mol. The van der Waals surface area contributed by atoms with Crippen molar-refractivity contribution in [3.63, 3.8) is 0 Å². The first-order valence-corrected chi connectivity index (χ1v) is 3.83. The second-order valence-electron chi connectivity index (χ2n) is 2.22. The molecule has 1 unspecified atom stereocenters. The summed E-state index contributed by atoms with van der Waals surface area (Å²) in [4.78, 5) is 0. The van der Waals surface area contributed by atoms with Crippen LogP contribution in [0.4, 0.5) is 5.13 Å². The molecule has 0 saturated carbocycles. The van der Waals surface area contributed by atoms with Crippen molar-refractivity contribution >= 4 is 16.5 Å². The van der Waals surface area contributed by atoms with E-state index in [4.69, 9.17) is 11.5 Å². The van der Waals surface area contributed by atoms with E-state index in [-0.39, 0.29) is 6.04 Å². The lowest BCUT2D eigenvalue weighted by molar-refractivity contribution is 0.726. The maximum atomic E-state index is 5.53. The van der Waals surface area contributed by atoms with Gasteiger partial charge in [-0.2, -0.15) is 0 Å². The summed E-state index contributed by atoms with van der Waals surface area (Å²) >= 11 is 1.39. The number of nitrogens with two attached hydrogens (primary N) is 2. The highest BCUT2D eigenvalue weighted by molar-refractivity contribution is 7.15. The maximum absolute atomic E-state index is 5.53. The van der Waals surface area contributed by atoms with Gasteiger partial charge in [-0.3, -0.25) is 0 Å². The summed E-state index contributed by atoms with van der Waals surface area (Å²) in [6.45, 7) is 1.93. The molecule has 1 aromatic heterocycles. The summed E-state index contributed by atoms with van der Waals surface area (Å²) in [6.07, 6.45) is 0.759. The number of hydrogen-bond donors (Lipinski definition) is 2. The van der Waals surface area contributed by atoms with E-state index in [1.807, 2.05) is 6.92 Å². The first kappa shape index (κ1) is 7.43. The average molecular weight is 158 g/mol. The van der Waals surface area contributed by atoms with Gasteiger partial charge in [0.25, 0.3) is 0 Å². The van der Waals surface area contributed by atoms with Gasteiger partial charge in [-0.25, -0.2) is 0 Å². The highest BCUT2D eigenvalue weighted by atomic mass is 32.1. The molecule has 0 saturated heterocycles. The Hall–Kier alpha value is -0.680. The van der Waals surface area contributed by atoms with Crippen molar-refractivity contribution in [1.82, 2.24) is 10.2 Å². The van der Waals surface area contributed by atoms with Crippen LogP contribution in [0.15, 0.2) is 0 Å². The molecule has 0 spiro atoms. The molecular weight excluding hydrogens is 148 g/mol. The van der Waals surface area contributed by atoms with Crippen LogP contribution >= 0.6 is 11.3 Å². The fourth-order valence-corrected chi connectivity index (χ4v) is 1.38. The van der Waals surface area contributed by atoms with Gasteiger partial charge < -0.3 is 11.5 Å². The first-order valence-electron chi connectivity index (χ1n) is 3.02. The molecule has 0 aliphatic heterocycles. The molecule has 0 fully saturated rings. The molecular formula is C5H10N4S. The monoisotopic (exact) mass is 158 g/mol. The molecule has 56 valence electrons. The number of nitrogens with zero attached hydrogens (tertiary/aromatic N) is 2. The van der Waals surface area contributed by atoms with Crippen molar-refractivity contribution in [3.05, 3.63) is 5.01 Å². The lowest BCUT2D eigenvalue weighted by Gasteiger charge is -1.97. The number of aromatic nitrogens is 2. The van der Waals surface area contributed by atoms with Gasteiger partial charge in [-0.1, -0.05) is 11.3 Å². The average Bonchev–Trinajstić information content (AvgIpc) is 2.13. The minimum absolute atomic E-state index is 0.132. The standard InChI is InChI=1S/C5H10N4S/c1-3(6)2-4-8-9-5(7)10-4/h3H,2,6H2,1H3,(H2,7,9). The van der Waals surface area contributed by atoms with Crippen molar-refractivity contribution in [3.8, 4) is 0 Å². The van der Waals surface area contributed by atoms with E-state index in [2.05, 4.69) is 10.2 Å². The third-order valence-corrected chi connectivity index (χ3v) is 1.75. The van der Waals surface area contributed by atoms with Gasteiger partial charge in [0.1, 0.15) is 5.01 Å². The second-order valence-corrected chi connectivity index (χ2v) is 3.31. The van der Waals surface area contributed by atoms with Crippen LogP contribution < -0.4 is 11.5 Å². The highest BCUT2D eigenvalue weighted by Crippen LogP contribution is 2.11. The Bertz CT molecular complexity index is 207. The summed E-state index contributed by atoms with van der Waals surface area (Å²) in [6, 6.07) is 0.132. The van der Waals surface area contributed by atoms with Crippen LogP contribution in [0, 0.1) is 0 Å². The van der Waals surface area contributed by atoms with E-state index in [0.29, 0.717) is 5.13 Å². The fraction of sp³-hybridized carbons (Fsp3) is 0.600. The van der Waals surface area contributed by atoms with Crippen molar-refractivity contribution in [2.75, 3.05) is 5.73 Å². The zero-order valence-electron chi connectivity index (χ0n) is 5.74. The van der Waals surface area contributed by atoms with Gasteiger partial charge in [0.2, 0.25) is 5.13 Å². The van der Waals surface area contributed by atoms with Crippen LogP contribution in [0.3, 0.4) is 0 Å². The smallest absolute Gasteiger partial charge is 0.203 e. The number of nitrogen functional groups attached to an aromatic ring is 1. The Labute approximate surface area is 63.3 Å². The molecule has 0 aliphatic rings. The Morgan fingerprint density at radius 3 is 2.70 bits per heavy atom. The van der Waals surface area contributed by atoms with Crippen LogP contribution in [0.1, 0.15) is 11.9 Å². The molecule has 1 atom stereocenters. The van der Waals surface area contributed by atoms with Crippen LogP contribution in [0.5, 0.6) is 0 Å². The van der Waals surface area contributed by atoms with E-state index in [0.717, 1.165) is 11.4 Å². The molecule has 1 heterocycles. The first-order chi connectivity index (χ1) is 4.68. The minimum atomic E-state index is 0.132. The third kappa shape index (κ3) is 1.93. The van der Waals surface area contributed by atoms with Crippen LogP contribution in [-0.4, -0.2) is 16.2 Å². The highest BCUT2D eigenvalue weighted by Gasteiger charge is 2.02. The van der Waals surface area contributed by atoms with Gasteiger partial charge in [-0.05, 0) is 6.92 Å². The summed E-state index contributed by atoms with van der Waals surface area (Å²) in [5, 5.41) is 8.90. The molecule has 1 rings (SSSR count). The molecule has 0 aromatic carbocycles. The van der Waals surface area contributed by atoms with E-state index in [1.54, 1.807) is 0 Å². The van der Waals surface area contributed by atoms with E-state index in [1.165, 1.54) is 11.3 Å². The van der Waals surface area contributed by atoms with Gasteiger partial charge >= 0.3 is 0 Å². The van der Waals surface area contributed by atoms with Gasteiger partial charge in [0, 0.05) is 12.5 Å². The van der Waals surface area contributed by atoms with Crippen LogP contribution in [-0.2, 0) is 6.42 Å². The molecule has 4 nitrogen and oxygen atoms in total. The Balaban J connectivity index is 2.58. The zero-order valence-corrected chi connectivity index (χ0v) is 6.56. The van der Waals surface area contributed by atoms with Crippen molar-refractivity contribution in [2.45, 2.75) is 19.4 Å². The topological polar surface area (TPSA) is 77.8 Å². The predicted octanol–water partition coefficient (Wildman–Crippen LogP) is 0.01000. The summed E-state index contributed by atoms with van der Waals surface area (Å²) in [5.74, 6) is 0. The van der Waals surface area contributed by atoms with Crippen molar-refractivity contribution in [1.29, 1.82) is 0 Å². The van der Waals surface area contributed by atoms with Crippen molar-refractivity contribution in [2.24, 2.45) is 5.73 Å².